The van der Waals surface area contributed by atoms with Gasteiger partial charge in [0.2, 0.25) is 10.0 Å². The maximum Gasteiger partial charge on any atom is 0.245 e. The van der Waals surface area contributed by atoms with Crippen LogP contribution in [0.1, 0.15) is 19.8 Å². The summed E-state index contributed by atoms with van der Waals surface area (Å²) in [4.78, 5) is 0.129. The van der Waals surface area contributed by atoms with Crippen molar-refractivity contribution in [2.24, 2.45) is 0 Å². The fraction of sp³-hybridized carbons (Fsp3) is 0.636. The summed E-state index contributed by atoms with van der Waals surface area (Å²) in [5, 5.41) is 3.19. The van der Waals surface area contributed by atoms with Crippen molar-refractivity contribution < 1.29 is 8.42 Å². The van der Waals surface area contributed by atoms with Crippen LogP contribution in [0.15, 0.2) is 11.0 Å². The predicted molar refractivity (Wildman–Crippen MR) is 87.0 cm³/mol. The molecule has 2 rings (SSSR count). The number of hydrogen-bond donors (Lipinski definition) is 1. The van der Waals surface area contributed by atoms with Gasteiger partial charge in [-0.3, -0.25) is 0 Å². The zero-order chi connectivity index (χ0) is 14.0. The highest BCUT2D eigenvalue weighted by atomic mass is 35.5. The van der Waals surface area contributed by atoms with Crippen LogP contribution in [0.5, 0.6) is 0 Å². The van der Waals surface area contributed by atoms with Crippen LogP contribution in [-0.2, 0) is 10.0 Å². The predicted octanol–water partition coefficient (Wildman–Crippen LogP) is 3.24. The summed E-state index contributed by atoms with van der Waals surface area (Å²) in [5.74, 6) is 0. The van der Waals surface area contributed by atoms with Gasteiger partial charge in [0.05, 0.1) is 4.34 Å². The first-order valence-corrected chi connectivity index (χ1v) is 9.15. The summed E-state index contributed by atoms with van der Waals surface area (Å²) < 4.78 is 27.6. The third kappa shape index (κ3) is 3.80. The van der Waals surface area contributed by atoms with E-state index >= 15 is 0 Å². The summed E-state index contributed by atoms with van der Waals surface area (Å²) in [6.45, 7) is 4.00. The number of nitrogens with one attached hydrogen (secondary N) is 1. The molecule has 1 aromatic rings. The number of nitrogens with zero attached hydrogens (tertiary/aromatic N) is 1. The number of rotatable bonds is 5. The van der Waals surface area contributed by atoms with E-state index in [4.69, 9.17) is 23.2 Å². The number of hydrogen-bond acceptors (Lipinski definition) is 4. The second-order valence-electron chi connectivity index (χ2n) is 4.45. The minimum absolute atomic E-state index is 0. The zero-order valence-corrected chi connectivity index (χ0v) is 14.9. The van der Waals surface area contributed by atoms with Gasteiger partial charge in [-0.15, -0.1) is 23.7 Å². The van der Waals surface area contributed by atoms with E-state index < -0.39 is 10.0 Å². The van der Waals surface area contributed by atoms with Crippen LogP contribution >= 0.6 is 46.9 Å². The van der Waals surface area contributed by atoms with Crippen molar-refractivity contribution in [3.8, 4) is 0 Å². The average molecular weight is 380 g/mol. The van der Waals surface area contributed by atoms with Crippen LogP contribution in [0.4, 0.5) is 0 Å². The fourth-order valence-corrected chi connectivity index (χ4v) is 6.09. The third-order valence-corrected chi connectivity index (χ3v) is 6.80. The quantitative estimate of drug-likeness (QED) is 0.854. The molecule has 1 saturated heterocycles. The molecule has 1 atom stereocenters. The maximum absolute atomic E-state index is 12.7. The standard InChI is InChI=1S/C11H16Cl2N2O2S2.ClH/c1-2-5-15(8-3-4-14-7-8)19(16,17)9-6-10(12)18-11(9)13;/h6,8,14H,2-5,7H2,1H3;1H. The first-order chi connectivity index (χ1) is 8.96. The molecule has 1 N–H and O–H groups in total. The van der Waals surface area contributed by atoms with Crippen molar-refractivity contribution in [2.75, 3.05) is 19.6 Å². The lowest BCUT2D eigenvalue weighted by molar-refractivity contribution is 0.335. The second kappa shape index (κ2) is 7.63. The summed E-state index contributed by atoms with van der Waals surface area (Å²) in [6.07, 6.45) is 1.60. The van der Waals surface area contributed by atoms with Crippen molar-refractivity contribution >= 4 is 57.0 Å². The molecule has 0 aromatic carbocycles. The van der Waals surface area contributed by atoms with Crippen molar-refractivity contribution in [3.05, 3.63) is 14.7 Å². The second-order valence-corrected chi connectivity index (χ2v) is 8.60. The highest BCUT2D eigenvalue weighted by molar-refractivity contribution is 7.89. The van der Waals surface area contributed by atoms with E-state index in [0.29, 0.717) is 17.4 Å². The SMILES string of the molecule is CCCN(C1CCNC1)S(=O)(=O)c1cc(Cl)sc1Cl.Cl. The molecule has 0 spiro atoms. The van der Waals surface area contributed by atoms with Gasteiger partial charge in [0, 0.05) is 19.1 Å². The molecule has 2 heterocycles. The molecule has 1 fully saturated rings. The van der Waals surface area contributed by atoms with Gasteiger partial charge in [-0.2, -0.15) is 4.31 Å². The lowest BCUT2D eigenvalue weighted by Gasteiger charge is -2.26. The van der Waals surface area contributed by atoms with Crippen LogP contribution in [-0.4, -0.2) is 38.4 Å². The molecule has 0 saturated carbocycles. The topological polar surface area (TPSA) is 49.4 Å². The van der Waals surface area contributed by atoms with Gasteiger partial charge in [0.1, 0.15) is 9.23 Å². The Morgan fingerprint density at radius 2 is 2.20 bits per heavy atom. The molecule has 0 aliphatic carbocycles. The van der Waals surface area contributed by atoms with E-state index in [1.165, 1.54) is 6.07 Å². The van der Waals surface area contributed by atoms with Gasteiger partial charge in [0.15, 0.2) is 0 Å². The Hall–Kier alpha value is 0.440. The Bertz CT molecular complexity index is 542. The molecule has 0 amide bonds. The summed E-state index contributed by atoms with van der Waals surface area (Å²) in [7, 11) is -3.57. The van der Waals surface area contributed by atoms with Gasteiger partial charge < -0.3 is 5.32 Å². The van der Waals surface area contributed by atoms with Gasteiger partial charge in [-0.05, 0) is 25.5 Å². The zero-order valence-electron chi connectivity index (χ0n) is 10.9. The summed E-state index contributed by atoms with van der Waals surface area (Å²) in [6, 6.07) is 1.44. The molecule has 1 unspecified atom stereocenters. The van der Waals surface area contributed by atoms with E-state index in [0.717, 1.165) is 30.7 Å². The van der Waals surface area contributed by atoms with Crippen molar-refractivity contribution in [1.29, 1.82) is 0 Å². The van der Waals surface area contributed by atoms with Crippen LogP contribution in [0, 0.1) is 0 Å². The monoisotopic (exact) mass is 378 g/mol. The molecule has 4 nitrogen and oxygen atoms in total. The maximum atomic E-state index is 12.7. The fourth-order valence-electron chi connectivity index (χ4n) is 2.23. The number of halogens is 3. The number of thiophene rings is 1. The first kappa shape index (κ1) is 18.5. The highest BCUT2D eigenvalue weighted by Crippen LogP contribution is 2.36. The van der Waals surface area contributed by atoms with Gasteiger partial charge in [-0.25, -0.2) is 8.42 Å². The Morgan fingerprint density at radius 3 is 2.65 bits per heavy atom. The molecule has 9 heteroatoms. The molecular formula is C11H17Cl3N2O2S2. The lowest BCUT2D eigenvalue weighted by atomic mass is 10.2. The van der Waals surface area contributed by atoms with Gasteiger partial charge in [0.25, 0.3) is 0 Å². The molecule has 116 valence electrons. The van der Waals surface area contributed by atoms with Gasteiger partial charge >= 0.3 is 0 Å². The largest absolute Gasteiger partial charge is 0.315 e. The van der Waals surface area contributed by atoms with E-state index in [9.17, 15) is 8.42 Å². The molecule has 1 aliphatic rings. The molecule has 0 radical (unpaired) electrons. The minimum atomic E-state index is -3.57. The highest BCUT2D eigenvalue weighted by Gasteiger charge is 2.34. The number of sulfonamides is 1. The van der Waals surface area contributed by atoms with Crippen LogP contribution in [0.2, 0.25) is 8.67 Å². The smallest absolute Gasteiger partial charge is 0.245 e. The minimum Gasteiger partial charge on any atom is -0.315 e. The summed E-state index contributed by atoms with van der Waals surface area (Å²) >= 11 is 12.9. The Balaban J connectivity index is 0.00000200. The molecular weight excluding hydrogens is 363 g/mol. The van der Waals surface area contributed by atoms with Gasteiger partial charge in [-0.1, -0.05) is 30.1 Å². The van der Waals surface area contributed by atoms with Crippen molar-refractivity contribution in [3.63, 3.8) is 0 Å². The van der Waals surface area contributed by atoms with E-state index in [1.807, 2.05) is 6.92 Å². The van der Waals surface area contributed by atoms with E-state index in [2.05, 4.69) is 5.32 Å². The van der Waals surface area contributed by atoms with Crippen LogP contribution in [0.25, 0.3) is 0 Å². The first-order valence-electron chi connectivity index (χ1n) is 6.14. The van der Waals surface area contributed by atoms with E-state index in [1.54, 1.807) is 4.31 Å². The molecule has 0 bridgehead atoms. The summed E-state index contributed by atoms with van der Waals surface area (Å²) in [5.41, 5.74) is 0. The Labute approximate surface area is 139 Å². The normalized spacial score (nSPS) is 19.3. The van der Waals surface area contributed by atoms with Crippen LogP contribution < -0.4 is 5.32 Å². The average Bonchev–Trinajstić information content (AvgIpc) is 2.95. The third-order valence-electron chi connectivity index (χ3n) is 3.10. The van der Waals surface area contributed by atoms with E-state index in [-0.39, 0.29) is 27.7 Å². The Kier molecular flexibility index (Phi) is 7.05. The van der Waals surface area contributed by atoms with Crippen molar-refractivity contribution in [1.82, 2.24) is 9.62 Å². The molecule has 1 aliphatic heterocycles. The van der Waals surface area contributed by atoms with Crippen LogP contribution in [0.3, 0.4) is 0 Å². The Morgan fingerprint density at radius 1 is 1.50 bits per heavy atom. The molecule has 1 aromatic heterocycles. The molecule has 20 heavy (non-hydrogen) atoms. The van der Waals surface area contributed by atoms with Crippen molar-refractivity contribution in [2.45, 2.75) is 30.7 Å². The lowest BCUT2D eigenvalue weighted by Crippen LogP contribution is -2.41.